The van der Waals surface area contributed by atoms with Crippen molar-refractivity contribution in [1.29, 1.82) is 0 Å². The lowest BCUT2D eigenvalue weighted by Crippen LogP contribution is -2.13. The second kappa shape index (κ2) is 5.99. The van der Waals surface area contributed by atoms with Gasteiger partial charge >= 0.3 is 0 Å². The minimum atomic E-state index is 0.352. The van der Waals surface area contributed by atoms with Crippen LogP contribution in [0, 0.1) is 6.92 Å². The van der Waals surface area contributed by atoms with Crippen molar-refractivity contribution in [2.24, 2.45) is 5.73 Å². The topological polar surface area (TPSA) is 50.9 Å². The van der Waals surface area contributed by atoms with Crippen molar-refractivity contribution in [2.75, 3.05) is 5.32 Å². The lowest BCUT2D eigenvalue weighted by atomic mass is 10.1. The average molecular weight is 292 g/mol. The molecule has 3 N–H and O–H groups in total. The lowest BCUT2D eigenvalue weighted by molar-refractivity contribution is 1.09. The van der Waals surface area contributed by atoms with E-state index in [1.54, 1.807) is 12.3 Å². The van der Waals surface area contributed by atoms with Crippen LogP contribution in [-0.2, 0) is 6.54 Å². The Morgan fingerprint density at radius 1 is 1.42 bits per heavy atom. The van der Waals surface area contributed by atoms with E-state index < -0.39 is 0 Å². The summed E-state index contributed by atoms with van der Waals surface area (Å²) >= 11 is 11.0. The molecule has 0 aliphatic carbocycles. The SMILES string of the molecule is Cc1cnccc1CNc1cc(Cl)ccc1C(N)=S. The molecular formula is C14H14ClN3S. The maximum Gasteiger partial charge on any atom is 0.106 e. The highest BCUT2D eigenvalue weighted by Gasteiger charge is 2.06. The lowest BCUT2D eigenvalue weighted by Gasteiger charge is -2.12. The zero-order valence-electron chi connectivity index (χ0n) is 10.5. The summed E-state index contributed by atoms with van der Waals surface area (Å²) in [5.74, 6) is 0. The first-order valence-corrected chi connectivity index (χ1v) is 6.59. The van der Waals surface area contributed by atoms with E-state index in [0.29, 0.717) is 16.6 Å². The number of benzene rings is 1. The van der Waals surface area contributed by atoms with Gasteiger partial charge in [-0.05, 0) is 42.3 Å². The van der Waals surface area contributed by atoms with Crippen LogP contribution in [0.15, 0.2) is 36.7 Å². The van der Waals surface area contributed by atoms with Gasteiger partial charge < -0.3 is 11.1 Å². The summed E-state index contributed by atoms with van der Waals surface area (Å²) in [6, 6.07) is 7.41. The highest BCUT2D eigenvalue weighted by atomic mass is 35.5. The number of nitrogens with one attached hydrogen (secondary N) is 1. The molecule has 0 aliphatic heterocycles. The fourth-order valence-corrected chi connectivity index (χ4v) is 2.12. The van der Waals surface area contributed by atoms with Gasteiger partial charge in [0.1, 0.15) is 4.99 Å². The van der Waals surface area contributed by atoms with Gasteiger partial charge in [-0.3, -0.25) is 4.98 Å². The van der Waals surface area contributed by atoms with Crippen molar-refractivity contribution < 1.29 is 0 Å². The van der Waals surface area contributed by atoms with Crippen molar-refractivity contribution in [2.45, 2.75) is 13.5 Å². The van der Waals surface area contributed by atoms with Crippen LogP contribution in [0.1, 0.15) is 16.7 Å². The molecule has 0 amide bonds. The Morgan fingerprint density at radius 2 is 2.21 bits per heavy atom. The molecule has 98 valence electrons. The van der Waals surface area contributed by atoms with Crippen molar-refractivity contribution >= 4 is 34.5 Å². The second-order valence-corrected chi connectivity index (χ2v) is 5.09. The molecule has 0 spiro atoms. The van der Waals surface area contributed by atoms with Crippen LogP contribution < -0.4 is 11.1 Å². The second-order valence-electron chi connectivity index (χ2n) is 4.21. The molecule has 3 nitrogen and oxygen atoms in total. The van der Waals surface area contributed by atoms with E-state index in [4.69, 9.17) is 29.6 Å². The number of nitrogens with zero attached hydrogens (tertiary/aromatic N) is 1. The summed E-state index contributed by atoms with van der Waals surface area (Å²) < 4.78 is 0. The third-order valence-corrected chi connectivity index (χ3v) is 3.31. The van der Waals surface area contributed by atoms with Crippen LogP contribution in [0.3, 0.4) is 0 Å². The monoisotopic (exact) mass is 291 g/mol. The van der Waals surface area contributed by atoms with Gasteiger partial charge in [-0.2, -0.15) is 0 Å². The summed E-state index contributed by atoms with van der Waals surface area (Å²) in [6.07, 6.45) is 3.61. The number of halogens is 1. The number of thiocarbonyl (C=S) groups is 1. The largest absolute Gasteiger partial charge is 0.389 e. The van der Waals surface area contributed by atoms with Crippen LogP contribution in [0.2, 0.25) is 5.02 Å². The van der Waals surface area contributed by atoms with Gasteiger partial charge in [-0.15, -0.1) is 0 Å². The fourth-order valence-electron chi connectivity index (χ4n) is 1.77. The van der Waals surface area contributed by atoms with Gasteiger partial charge in [0.2, 0.25) is 0 Å². The molecule has 0 fully saturated rings. The van der Waals surface area contributed by atoms with Gasteiger partial charge in [0.25, 0.3) is 0 Å². The van der Waals surface area contributed by atoms with Crippen molar-refractivity contribution in [3.8, 4) is 0 Å². The number of aryl methyl sites for hydroxylation is 1. The van der Waals surface area contributed by atoms with E-state index in [0.717, 1.165) is 16.8 Å². The average Bonchev–Trinajstić information content (AvgIpc) is 2.37. The van der Waals surface area contributed by atoms with Crippen LogP contribution in [0.4, 0.5) is 5.69 Å². The molecule has 0 saturated carbocycles. The third kappa shape index (κ3) is 3.43. The van der Waals surface area contributed by atoms with Gasteiger partial charge in [0.15, 0.2) is 0 Å². The highest BCUT2D eigenvalue weighted by molar-refractivity contribution is 7.80. The molecule has 2 aromatic rings. The van der Waals surface area contributed by atoms with Crippen LogP contribution in [-0.4, -0.2) is 9.97 Å². The minimum absolute atomic E-state index is 0.352. The standard InChI is InChI=1S/C14H14ClN3S/c1-9-7-17-5-4-10(9)8-18-13-6-11(15)2-3-12(13)14(16)19/h2-7,18H,8H2,1H3,(H2,16,19). The molecule has 2 rings (SSSR count). The molecule has 0 bridgehead atoms. The summed E-state index contributed by atoms with van der Waals surface area (Å²) in [7, 11) is 0. The van der Waals surface area contributed by atoms with Crippen molar-refractivity contribution in [1.82, 2.24) is 4.98 Å². The summed E-state index contributed by atoms with van der Waals surface area (Å²) in [6.45, 7) is 2.70. The molecule has 1 aromatic heterocycles. The quantitative estimate of drug-likeness (QED) is 0.849. The van der Waals surface area contributed by atoms with E-state index >= 15 is 0 Å². The Kier molecular flexibility index (Phi) is 4.35. The molecule has 0 unspecified atom stereocenters. The van der Waals surface area contributed by atoms with Crippen LogP contribution in [0.25, 0.3) is 0 Å². The minimum Gasteiger partial charge on any atom is -0.389 e. The predicted octanol–water partition coefficient (Wildman–Crippen LogP) is 3.29. The molecule has 1 heterocycles. The first-order valence-electron chi connectivity index (χ1n) is 5.80. The van der Waals surface area contributed by atoms with E-state index in [9.17, 15) is 0 Å². The molecule has 1 aromatic carbocycles. The Balaban J connectivity index is 2.22. The maximum absolute atomic E-state index is 6.00. The Morgan fingerprint density at radius 3 is 2.89 bits per heavy atom. The van der Waals surface area contributed by atoms with Crippen LogP contribution in [0.5, 0.6) is 0 Å². The van der Waals surface area contributed by atoms with E-state index in [1.807, 2.05) is 31.3 Å². The molecule has 19 heavy (non-hydrogen) atoms. The van der Waals surface area contributed by atoms with Gasteiger partial charge in [0.05, 0.1) is 0 Å². The molecule has 0 saturated heterocycles. The molecule has 0 aliphatic rings. The number of rotatable bonds is 4. The normalized spacial score (nSPS) is 10.2. The Labute approximate surface area is 122 Å². The molecule has 5 heteroatoms. The first-order chi connectivity index (χ1) is 9.08. The Hall–Kier alpha value is -1.65. The van der Waals surface area contributed by atoms with Crippen LogP contribution >= 0.6 is 23.8 Å². The number of aromatic nitrogens is 1. The number of hydrogen-bond acceptors (Lipinski definition) is 3. The van der Waals surface area contributed by atoms with E-state index in [2.05, 4.69) is 10.3 Å². The predicted molar refractivity (Wildman–Crippen MR) is 83.6 cm³/mol. The van der Waals surface area contributed by atoms with Gasteiger partial charge in [0, 0.05) is 35.2 Å². The summed E-state index contributed by atoms with van der Waals surface area (Å²) in [4.78, 5) is 4.42. The van der Waals surface area contributed by atoms with Gasteiger partial charge in [-0.25, -0.2) is 0 Å². The summed E-state index contributed by atoms with van der Waals surface area (Å²) in [5, 5.41) is 3.96. The number of hydrogen-bond donors (Lipinski definition) is 2. The smallest absolute Gasteiger partial charge is 0.106 e. The number of nitrogens with two attached hydrogens (primary N) is 1. The Bertz CT molecular complexity index is 613. The maximum atomic E-state index is 6.00. The zero-order valence-corrected chi connectivity index (χ0v) is 12.1. The molecule has 0 atom stereocenters. The van der Waals surface area contributed by atoms with Crippen molar-refractivity contribution in [3.05, 3.63) is 58.4 Å². The van der Waals surface area contributed by atoms with E-state index in [1.165, 1.54) is 5.56 Å². The van der Waals surface area contributed by atoms with Crippen molar-refractivity contribution in [3.63, 3.8) is 0 Å². The number of pyridine rings is 1. The molecule has 0 radical (unpaired) electrons. The van der Waals surface area contributed by atoms with E-state index in [-0.39, 0.29) is 0 Å². The fraction of sp³-hybridized carbons (Fsp3) is 0.143. The third-order valence-electron chi connectivity index (χ3n) is 2.85. The van der Waals surface area contributed by atoms with Gasteiger partial charge in [-0.1, -0.05) is 23.8 Å². The highest BCUT2D eigenvalue weighted by Crippen LogP contribution is 2.22. The number of anilines is 1. The zero-order chi connectivity index (χ0) is 13.8. The first kappa shape index (κ1) is 13.8. The summed E-state index contributed by atoms with van der Waals surface area (Å²) in [5.41, 5.74) is 9.65. The molecular weight excluding hydrogens is 278 g/mol.